The maximum absolute atomic E-state index is 12.5. The molecule has 1 aliphatic carbocycles. The molecule has 2 amide bonds. The molecule has 1 saturated heterocycles. The van der Waals surface area contributed by atoms with Gasteiger partial charge in [-0.25, -0.2) is 0 Å². The lowest BCUT2D eigenvalue weighted by Crippen LogP contribution is -2.49. The second-order valence-electron chi connectivity index (χ2n) is 7.24. The highest BCUT2D eigenvalue weighted by Gasteiger charge is 2.35. The van der Waals surface area contributed by atoms with Gasteiger partial charge in [0.2, 0.25) is 11.8 Å². The molecule has 1 heterocycles. The number of rotatable bonds is 5. The summed E-state index contributed by atoms with van der Waals surface area (Å²) in [6, 6.07) is -0.306. The van der Waals surface area contributed by atoms with Crippen molar-refractivity contribution < 1.29 is 19.5 Å². The number of aliphatic carboxylic acids is 1. The largest absolute Gasteiger partial charge is 0.481 e. The molecular formula is C17H28N2O4. The summed E-state index contributed by atoms with van der Waals surface area (Å²) < 4.78 is 0. The van der Waals surface area contributed by atoms with E-state index >= 15 is 0 Å². The van der Waals surface area contributed by atoms with Crippen molar-refractivity contribution in [2.45, 2.75) is 70.9 Å². The minimum absolute atomic E-state index is 0.0424. The predicted molar refractivity (Wildman–Crippen MR) is 85.7 cm³/mol. The first-order valence-corrected chi connectivity index (χ1v) is 8.71. The summed E-state index contributed by atoms with van der Waals surface area (Å²) >= 11 is 0. The van der Waals surface area contributed by atoms with Gasteiger partial charge in [-0.3, -0.25) is 14.4 Å². The first-order chi connectivity index (χ1) is 10.9. The Morgan fingerprint density at radius 3 is 2.35 bits per heavy atom. The molecule has 6 heteroatoms. The number of likely N-dealkylation sites (tertiary alicyclic amines) is 1. The number of carboxylic acid groups (broad SMARTS) is 1. The Hall–Kier alpha value is -1.59. The van der Waals surface area contributed by atoms with Gasteiger partial charge in [-0.15, -0.1) is 0 Å². The fourth-order valence-corrected chi connectivity index (χ4v) is 3.59. The van der Waals surface area contributed by atoms with Crippen LogP contribution in [0.1, 0.15) is 58.8 Å². The van der Waals surface area contributed by atoms with Gasteiger partial charge in [0.25, 0.3) is 0 Å². The molecule has 23 heavy (non-hydrogen) atoms. The van der Waals surface area contributed by atoms with E-state index in [9.17, 15) is 14.4 Å². The third-order valence-electron chi connectivity index (χ3n) is 4.88. The number of carbonyl (C=O) groups excluding carboxylic acids is 2. The lowest BCUT2D eigenvalue weighted by molar-refractivity contribution is -0.143. The van der Waals surface area contributed by atoms with Crippen molar-refractivity contribution in [2.75, 3.05) is 6.54 Å². The zero-order chi connectivity index (χ0) is 17.0. The predicted octanol–water partition coefficient (Wildman–Crippen LogP) is 1.78. The number of nitrogens with one attached hydrogen (secondary N) is 1. The van der Waals surface area contributed by atoms with Crippen molar-refractivity contribution in [1.82, 2.24) is 10.2 Å². The second kappa shape index (κ2) is 7.79. The number of nitrogens with zero attached hydrogens (tertiary/aromatic N) is 1. The van der Waals surface area contributed by atoms with E-state index in [1.54, 1.807) is 4.90 Å². The summed E-state index contributed by atoms with van der Waals surface area (Å²) in [6.45, 7) is 4.67. The lowest BCUT2D eigenvalue weighted by atomic mass is 9.86. The van der Waals surface area contributed by atoms with Crippen molar-refractivity contribution >= 4 is 17.8 Å². The molecule has 0 spiro atoms. The Labute approximate surface area is 137 Å². The normalized spacial score (nSPS) is 28.0. The summed E-state index contributed by atoms with van der Waals surface area (Å²) in [7, 11) is 0. The van der Waals surface area contributed by atoms with Crippen LogP contribution in [0.5, 0.6) is 0 Å². The van der Waals surface area contributed by atoms with Crippen molar-refractivity contribution in [1.29, 1.82) is 0 Å². The van der Waals surface area contributed by atoms with E-state index in [4.69, 9.17) is 5.11 Å². The first-order valence-electron chi connectivity index (χ1n) is 8.71. The van der Waals surface area contributed by atoms with E-state index in [-0.39, 0.29) is 35.7 Å². The average molecular weight is 324 g/mol. The van der Waals surface area contributed by atoms with Gasteiger partial charge in [-0.1, -0.05) is 13.8 Å². The van der Waals surface area contributed by atoms with Gasteiger partial charge in [-0.05, 0) is 44.4 Å². The topological polar surface area (TPSA) is 86.7 Å². The zero-order valence-corrected chi connectivity index (χ0v) is 14.1. The van der Waals surface area contributed by atoms with Crippen LogP contribution in [0.3, 0.4) is 0 Å². The maximum atomic E-state index is 12.5. The molecule has 0 radical (unpaired) electrons. The van der Waals surface area contributed by atoms with Crippen LogP contribution in [0.2, 0.25) is 0 Å². The molecule has 2 aliphatic rings. The molecule has 0 aromatic heterocycles. The van der Waals surface area contributed by atoms with E-state index in [0.29, 0.717) is 38.6 Å². The minimum Gasteiger partial charge on any atom is -0.481 e. The van der Waals surface area contributed by atoms with Crippen molar-refractivity contribution in [3.63, 3.8) is 0 Å². The summed E-state index contributed by atoms with van der Waals surface area (Å²) in [6.07, 6.45) is 4.70. The summed E-state index contributed by atoms with van der Waals surface area (Å²) in [5, 5.41) is 12.0. The van der Waals surface area contributed by atoms with Crippen LogP contribution in [0.15, 0.2) is 0 Å². The molecule has 1 aliphatic heterocycles. The summed E-state index contributed by atoms with van der Waals surface area (Å²) in [5.74, 6) is -0.737. The molecule has 1 atom stereocenters. The second-order valence-corrected chi connectivity index (χ2v) is 7.24. The van der Waals surface area contributed by atoms with Crippen LogP contribution in [0.4, 0.5) is 0 Å². The molecule has 0 aromatic carbocycles. The van der Waals surface area contributed by atoms with E-state index in [2.05, 4.69) is 5.32 Å². The lowest BCUT2D eigenvalue weighted by Gasteiger charge is -2.30. The number of hydrogen-bond donors (Lipinski definition) is 2. The van der Waals surface area contributed by atoms with E-state index in [0.717, 1.165) is 12.8 Å². The molecule has 2 N–H and O–H groups in total. The van der Waals surface area contributed by atoms with E-state index in [1.807, 2.05) is 13.8 Å². The van der Waals surface area contributed by atoms with Gasteiger partial charge >= 0.3 is 5.97 Å². The molecule has 2 fully saturated rings. The molecule has 1 saturated carbocycles. The van der Waals surface area contributed by atoms with Crippen LogP contribution < -0.4 is 5.32 Å². The standard InChI is InChI=1S/C17H28N2O4/c1-11(2)10-15(20)19-9-3-4-14(19)16(21)18-13-7-5-12(6-8-13)17(22)23/h11-14H,3-10H2,1-2H3,(H,18,21)(H,22,23). The Bertz CT molecular complexity index is 456. The fourth-order valence-electron chi connectivity index (χ4n) is 3.59. The van der Waals surface area contributed by atoms with Crippen LogP contribution in [0, 0.1) is 11.8 Å². The maximum Gasteiger partial charge on any atom is 0.306 e. The van der Waals surface area contributed by atoms with Gasteiger partial charge in [0.1, 0.15) is 6.04 Å². The molecule has 130 valence electrons. The Kier molecular flexibility index (Phi) is 6.02. The van der Waals surface area contributed by atoms with Crippen molar-refractivity contribution in [3.8, 4) is 0 Å². The number of carboxylic acids is 1. The molecule has 0 aromatic rings. The molecule has 2 rings (SSSR count). The number of hydrogen-bond acceptors (Lipinski definition) is 3. The zero-order valence-electron chi connectivity index (χ0n) is 14.1. The van der Waals surface area contributed by atoms with E-state index < -0.39 is 5.97 Å². The highest BCUT2D eigenvalue weighted by Crippen LogP contribution is 2.25. The van der Waals surface area contributed by atoms with E-state index in [1.165, 1.54) is 0 Å². The van der Waals surface area contributed by atoms with Gasteiger partial charge < -0.3 is 15.3 Å². The van der Waals surface area contributed by atoms with Gasteiger partial charge in [-0.2, -0.15) is 0 Å². The number of carbonyl (C=O) groups is 3. The molecule has 1 unspecified atom stereocenters. The monoisotopic (exact) mass is 324 g/mol. The molecule has 0 bridgehead atoms. The Balaban J connectivity index is 1.85. The van der Waals surface area contributed by atoms with Gasteiger partial charge in [0.15, 0.2) is 0 Å². The fraction of sp³-hybridized carbons (Fsp3) is 0.824. The minimum atomic E-state index is -0.740. The third kappa shape index (κ3) is 4.69. The van der Waals surface area contributed by atoms with Crippen LogP contribution in [-0.2, 0) is 14.4 Å². The van der Waals surface area contributed by atoms with Crippen LogP contribution >= 0.6 is 0 Å². The Morgan fingerprint density at radius 2 is 1.78 bits per heavy atom. The van der Waals surface area contributed by atoms with Crippen molar-refractivity contribution in [3.05, 3.63) is 0 Å². The highest BCUT2D eigenvalue weighted by atomic mass is 16.4. The number of amides is 2. The average Bonchev–Trinajstić information content (AvgIpc) is 2.96. The van der Waals surface area contributed by atoms with Crippen molar-refractivity contribution in [2.24, 2.45) is 11.8 Å². The SMILES string of the molecule is CC(C)CC(=O)N1CCCC1C(=O)NC1CCC(C(=O)O)CC1. The molecule has 6 nitrogen and oxygen atoms in total. The first kappa shape index (κ1) is 17.8. The summed E-state index contributed by atoms with van der Waals surface area (Å²) in [4.78, 5) is 37.5. The smallest absolute Gasteiger partial charge is 0.306 e. The highest BCUT2D eigenvalue weighted by molar-refractivity contribution is 5.88. The Morgan fingerprint density at radius 1 is 1.13 bits per heavy atom. The quantitative estimate of drug-likeness (QED) is 0.807. The third-order valence-corrected chi connectivity index (χ3v) is 4.88. The van der Waals surface area contributed by atoms with Crippen LogP contribution in [0.25, 0.3) is 0 Å². The van der Waals surface area contributed by atoms with Gasteiger partial charge in [0.05, 0.1) is 5.92 Å². The molecular weight excluding hydrogens is 296 g/mol. The summed E-state index contributed by atoms with van der Waals surface area (Å²) in [5.41, 5.74) is 0. The van der Waals surface area contributed by atoms with Gasteiger partial charge in [0, 0.05) is 19.0 Å². The van der Waals surface area contributed by atoms with Crippen LogP contribution in [-0.4, -0.2) is 46.4 Å².